The highest BCUT2D eigenvalue weighted by atomic mass is 32.2. The van der Waals surface area contributed by atoms with E-state index in [0.717, 1.165) is 6.26 Å². The largest absolute Gasteiger partial charge is 0.478 e. The number of rotatable bonds is 6. The smallest absolute Gasteiger partial charge is 0.237 e. The van der Waals surface area contributed by atoms with E-state index in [4.69, 9.17) is 4.74 Å². The first kappa shape index (κ1) is 17.4. The van der Waals surface area contributed by atoms with E-state index in [1.54, 1.807) is 17.2 Å². The van der Waals surface area contributed by atoms with Crippen molar-refractivity contribution in [2.45, 2.75) is 6.92 Å². The van der Waals surface area contributed by atoms with Gasteiger partial charge in [-0.15, -0.1) is 0 Å². The molecule has 1 aliphatic rings. The third-order valence-corrected chi connectivity index (χ3v) is 3.98. The third kappa shape index (κ3) is 5.32. The van der Waals surface area contributed by atoms with E-state index in [-0.39, 0.29) is 12.5 Å². The number of hydrogen-bond donors (Lipinski definition) is 1. The summed E-state index contributed by atoms with van der Waals surface area (Å²) in [4.78, 5) is 24.1. The summed E-state index contributed by atoms with van der Waals surface area (Å²) in [5.41, 5.74) is 0. The number of piperazine rings is 1. The van der Waals surface area contributed by atoms with Crippen molar-refractivity contribution >= 4 is 21.9 Å². The van der Waals surface area contributed by atoms with Gasteiger partial charge in [0.15, 0.2) is 0 Å². The molecule has 9 nitrogen and oxygen atoms in total. The minimum Gasteiger partial charge on any atom is -0.478 e. The Hall–Kier alpha value is -1.94. The molecule has 0 unspecified atom stereocenters. The normalized spacial score (nSPS) is 15.6. The zero-order valence-electron chi connectivity index (χ0n) is 13.2. The molecule has 0 spiro atoms. The summed E-state index contributed by atoms with van der Waals surface area (Å²) in [6.45, 7) is 4.36. The zero-order chi connectivity index (χ0) is 16.9. The van der Waals surface area contributed by atoms with Crippen LogP contribution in [0.25, 0.3) is 0 Å². The van der Waals surface area contributed by atoms with Gasteiger partial charge in [0.2, 0.25) is 27.8 Å². The Balaban J connectivity index is 1.88. The average Bonchev–Trinajstić information content (AvgIpc) is 2.53. The van der Waals surface area contributed by atoms with E-state index in [1.807, 2.05) is 11.8 Å². The van der Waals surface area contributed by atoms with Gasteiger partial charge in [0, 0.05) is 38.4 Å². The van der Waals surface area contributed by atoms with Crippen molar-refractivity contribution in [1.29, 1.82) is 0 Å². The second-order valence-electron chi connectivity index (χ2n) is 5.09. The topological polar surface area (TPSA) is 105 Å². The van der Waals surface area contributed by atoms with Gasteiger partial charge in [-0.05, 0) is 6.92 Å². The Bertz CT molecular complexity index is 644. The molecule has 23 heavy (non-hydrogen) atoms. The highest BCUT2D eigenvalue weighted by Crippen LogP contribution is 2.14. The fraction of sp³-hybridized carbons (Fsp3) is 0.615. The van der Waals surface area contributed by atoms with Crippen LogP contribution in [0.1, 0.15) is 6.92 Å². The minimum absolute atomic E-state index is 0.213. The Kier molecular flexibility index (Phi) is 5.72. The summed E-state index contributed by atoms with van der Waals surface area (Å²) >= 11 is 0. The minimum atomic E-state index is -3.36. The number of nitrogens with zero attached hydrogens (tertiary/aromatic N) is 4. The molecule has 0 bridgehead atoms. The van der Waals surface area contributed by atoms with Crippen molar-refractivity contribution in [3.63, 3.8) is 0 Å². The molecule has 1 aliphatic heterocycles. The maximum atomic E-state index is 12.0. The zero-order valence-corrected chi connectivity index (χ0v) is 14.0. The van der Waals surface area contributed by atoms with Gasteiger partial charge in [0.1, 0.15) is 0 Å². The molecule has 0 aromatic carbocycles. The lowest BCUT2D eigenvalue weighted by Crippen LogP contribution is -2.51. The number of carbonyl (C=O) groups is 1. The van der Waals surface area contributed by atoms with Crippen LogP contribution in [0, 0.1) is 0 Å². The van der Waals surface area contributed by atoms with Gasteiger partial charge in [-0.2, -0.15) is 4.98 Å². The van der Waals surface area contributed by atoms with Crippen LogP contribution in [-0.2, 0) is 14.8 Å². The summed E-state index contributed by atoms with van der Waals surface area (Å²) in [6.07, 6.45) is 2.67. The van der Waals surface area contributed by atoms with Crippen LogP contribution >= 0.6 is 0 Å². The summed E-state index contributed by atoms with van der Waals surface area (Å²) < 4.78 is 29.6. The van der Waals surface area contributed by atoms with E-state index >= 15 is 0 Å². The van der Waals surface area contributed by atoms with Crippen molar-refractivity contribution in [3.8, 4) is 5.88 Å². The lowest BCUT2D eigenvalue weighted by molar-refractivity contribution is -0.130. The number of hydrogen-bond acceptors (Lipinski definition) is 7. The molecule has 2 rings (SSSR count). The monoisotopic (exact) mass is 343 g/mol. The first-order valence-electron chi connectivity index (χ1n) is 7.32. The first-order chi connectivity index (χ1) is 10.9. The van der Waals surface area contributed by atoms with Gasteiger partial charge < -0.3 is 14.5 Å². The average molecular weight is 343 g/mol. The van der Waals surface area contributed by atoms with Crippen molar-refractivity contribution < 1.29 is 17.9 Å². The lowest BCUT2D eigenvalue weighted by Gasteiger charge is -2.34. The van der Waals surface area contributed by atoms with E-state index in [0.29, 0.717) is 44.6 Å². The van der Waals surface area contributed by atoms with E-state index < -0.39 is 10.0 Å². The van der Waals surface area contributed by atoms with Crippen LogP contribution in [0.4, 0.5) is 5.95 Å². The van der Waals surface area contributed by atoms with Crippen LogP contribution in [0.15, 0.2) is 12.3 Å². The summed E-state index contributed by atoms with van der Waals surface area (Å²) in [7, 11) is -3.36. The molecule has 10 heteroatoms. The molecular weight excluding hydrogens is 322 g/mol. The van der Waals surface area contributed by atoms with Gasteiger partial charge in [-0.25, -0.2) is 18.1 Å². The molecule has 0 aliphatic carbocycles. The molecule has 1 aromatic rings. The van der Waals surface area contributed by atoms with Crippen LogP contribution in [0.3, 0.4) is 0 Å². The van der Waals surface area contributed by atoms with Crippen molar-refractivity contribution in [2.24, 2.45) is 0 Å². The molecule has 1 fully saturated rings. The van der Waals surface area contributed by atoms with Gasteiger partial charge in [-0.3, -0.25) is 4.79 Å². The summed E-state index contributed by atoms with van der Waals surface area (Å²) in [6, 6.07) is 1.70. The van der Waals surface area contributed by atoms with Gasteiger partial charge in [0.25, 0.3) is 0 Å². The van der Waals surface area contributed by atoms with Gasteiger partial charge in [-0.1, -0.05) is 0 Å². The first-order valence-corrected chi connectivity index (χ1v) is 9.21. The predicted octanol–water partition coefficient (Wildman–Crippen LogP) is -0.927. The standard InChI is InChI=1S/C13H21N5O4S/c1-3-22-11-4-5-14-13(16-11)18-8-6-17(7-9-18)12(19)10-15-23(2,20)21/h4-5,15H,3,6-10H2,1-2H3. The number of anilines is 1. The molecule has 0 atom stereocenters. The van der Waals surface area contributed by atoms with Gasteiger partial charge in [0.05, 0.1) is 19.4 Å². The number of nitrogens with one attached hydrogen (secondary N) is 1. The Morgan fingerprint density at radius 1 is 1.35 bits per heavy atom. The molecule has 0 saturated carbocycles. The van der Waals surface area contributed by atoms with Crippen LogP contribution < -0.4 is 14.4 Å². The van der Waals surface area contributed by atoms with Crippen LogP contribution in [0.2, 0.25) is 0 Å². The highest BCUT2D eigenvalue weighted by molar-refractivity contribution is 7.88. The third-order valence-electron chi connectivity index (χ3n) is 3.31. The highest BCUT2D eigenvalue weighted by Gasteiger charge is 2.23. The summed E-state index contributed by atoms with van der Waals surface area (Å²) in [5.74, 6) is 0.852. The second kappa shape index (κ2) is 7.55. The SMILES string of the molecule is CCOc1ccnc(N2CCN(C(=O)CNS(C)(=O)=O)CC2)n1. The number of ether oxygens (including phenoxy) is 1. The number of sulfonamides is 1. The van der Waals surface area contributed by atoms with Crippen LogP contribution in [-0.4, -0.2) is 74.8 Å². The van der Waals surface area contributed by atoms with E-state index in [9.17, 15) is 13.2 Å². The molecule has 1 aromatic heterocycles. The lowest BCUT2D eigenvalue weighted by atomic mass is 10.3. The Morgan fingerprint density at radius 2 is 2.04 bits per heavy atom. The molecule has 0 radical (unpaired) electrons. The molecule has 1 saturated heterocycles. The van der Waals surface area contributed by atoms with Crippen molar-refractivity contribution in [3.05, 3.63) is 12.3 Å². The predicted molar refractivity (Wildman–Crippen MR) is 84.8 cm³/mol. The molecular formula is C13H21N5O4S. The fourth-order valence-corrected chi connectivity index (χ4v) is 2.56. The van der Waals surface area contributed by atoms with Gasteiger partial charge >= 0.3 is 0 Å². The van der Waals surface area contributed by atoms with Crippen molar-refractivity contribution in [2.75, 3.05) is 50.5 Å². The molecule has 2 heterocycles. The maximum absolute atomic E-state index is 12.0. The van der Waals surface area contributed by atoms with Crippen LogP contribution in [0.5, 0.6) is 5.88 Å². The number of carbonyl (C=O) groups excluding carboxylic acids is 1. The Morgan fingerprint density at radius 3 is 2.65 bits per heavy atom. The summed E-state index contributed by atoms with van der Waals surface area (Å²) in [5, 5.41) is 0. The Labute approximate surface area is 135 Å². The number of aromatic nitrogens is 2. The molecule has 128 valence electrons. The maximum Gasteiger partial charge on any atom is 0.237 e. The molecule has 1 N–H and O–H groups in total. The molecule has 1 amide bonds. The second-order valence-corrected chi connectivity index (χ2v) is 6.92. The van der Waals surface area contributed by atoms with E-state index in [1.165, 1.54) is 0 Å². The van der Waals surface area contributed by atoms with E-state index in [2.05, 4.69) is 14.7 Å². The fourth-order valence-electron chi connectivity index (χ4n) is 2.17. The number of amides is 1. The quantitative estimate of drug-likeness (QED) is 0.712. The van der Waals surface area contributed by atoms with Crippen molar-refractivity contribution in [1.82, 2.24) is 19.6 Å².